The molecule has 0 fully saturated rings. The van der Waals surface area contributed by atoms with E-state index in [2.05, 4.69) is 58.8 Å². The Balaban J connectivity index is 2.41. The molecule has 0 amide bonds. The molecule has 2 rings (SSSR count). The lowest BCUT2D eigenvalue weighted by Gasteiger charge is -2.25. The van der Waals surface area contributed by atoms with E-state index in [9.17, 15) is 0 Å². The smallest absolute Gasteiger partial charge is 0.105 e. The summed E-state index contributed by atoms with van der Waals surface area (Å²) in [5, 5.41) is 0. The third-order valence-electron chi connectivity index (χ3n) is 2.34. The van der Waals surface area contributed by atoms with Gasteiger partial charge >= 0.3 is 0 Å². The molecule has 0 saturated carbocycles. The summed E-state index contributed by atoms with van der Waals surface area (Å²) in [4.78, 5) is 4.27. The van der Waals surface area contributed by atoms with Crippen LogP contribution in [0.5, 0.6) is 0 Å². The summed E-state index contributed by atoms with van der Waals surface area (Å²) in [6.45, 7) is 2.24. The van der Waals surface area contributed by atoms with Crippen LogP contribution in [-0.2, 0) is 0 Å². The highest BCUT2D eigenvalue weighted by Crippen LogP contribution is 2.32. The molecule has 1 heterocycles. The summed E-state index contributed by atoms with van der Waals surface area (Å²) in [5.74, 6) is 1.17. The Morgan fingerprint density at radius 3 is 3.00 bits per heavy atom. The molecule has 0 saturated heterocycles. The molecule has 2 aliphatic rings. The van der Waals surface area contributed by atoms with E-state index in [4.69, 9.17) is 0 Å². The summed E-state index contributed by atoms with van der Waals surface area (Å²) < 4.78 is 1.14. The van der Waals surface area contributed by atoms with Crippen molar-refractivity contribution < 1.29 is 0 Å². The fourth-order valence-corrected chi connectivity index (χ4v) is 2.31. The van der Waals surface area contributed by atoms with E-state index in [1.165, 1.54) is 5.57 Å². The minimum atomic E-state index is 0.555. The molecule has 0 aromatic rings. The molecule has 1 nitrogen and oxygen atoms in total. The average molecular weight is 271 g/mol. The van der Waals surface area contributed by atoms with Gasteiger partial charge < -0.3 is 0 Å². The minimum absolute atomic E-state index is 0.555. The van der Waals surface area contributed by atoms with Gasteiger partial charge in [0.1, 0.15) is 3.72 Å². The molecule has 12 heavy (non-hydrogen) atoms. The second kappa shape index (κ2) is 3.17. The predicted molar refractivity (Wildman–Crippen MR) is 60.5 cm³/mol. The molecule has 0 spiro atoms. The summed E-state index contributed by atoms with van der Waals surface area (Å²) in [6, 6.07) is 0. The highest BCUT2D eigenvalue weighted by molar-refractivity contribution is 14.1. The molecular weight excluding hydrogens is 261 g/mol. The standard InChI is InChI=1S/C10H10IN/c1-7-3-2-4-9-8(7)5-6-12-10(9)11/h2-8H,1H3. The highest BCUT2D eigenvalue weighted by atomic mass is 127. The van der Waals surface area contributed by atoms with Gasteiger partial charge in [-0.05, 0) is 34.1 Å². The van der Waals surface area contributed by atoms with Gasteiger partial charge in [0.2, 0.25) is 0 Å². The number of aliphatic imine (C=N–C) groups is 1. The van der Waals surface area contributed by atoms with E-state index in [1.807, 2.05) is 6.20 Å². The zero-order valence-corrected chi connectivity index (χ0v) is 9.02. The van der Waals surface area contributed by atoms with Gasteiger partial charge in [0, 0.05) is 12.1 Å². The van der Waals surface area contributed by atoms with Crippen LogP contribution in [0.3, 0.4) is 0 Å². The van der Waals surface area contributed by atoms with Crippen molar-refractivity contribution in [2.75, 3.05) is 0 Å². The fraction of sp³-hybridized carbons (Fsp3) is 0.300. The zero-order valence-electron chi connectivity index (χ0n) is 6.87. The maximum Gasteiger partial charge on any atom is 0.105 e. The van der Waals surface area contributed by atoms with Gasteiger partial charge in [0.15, 0.2) is 0 Å². The van der Waals surface area contributed by atoms with Crippen molar-refractivity contribution in [3.05, 3.63) is 36.1 Å². The van der Waals surface area contributed by atoms with E-state index in [0.29, 0.717) is 11.8 Å². The van der Waals surface area contributed by atoms with Crippen molar-refractivity contribution in [2.24, 2.45) is 16.8 Å². The molecule has 2 atom stereocenters. The maximum absolute atomic E-state index is 4.27. The molecule has 1 aliphatic carbocycles. The number of nitrogens with zero attached hydrogens (tertiary/aromatic N) is 1. The number of allylic oxidation sites excluding steroid dienone is 5. The van der Waals surface area contributed by atoms with Crippen LogP contribution in [0, 0.1) is 11.8 Å². The van der Waals surface area contributed by atoms with E-state index >= 15 is 0 Å². The first kappa shape index (κ1) is 8.23. The summed E-state index contributed by atoms with van der Waals surface area (Å²) in [5.41, 5.74) is 1.37. The van der Waals surface area contributed by atoms with Gasteiger partial charge in [-0.1, -0.05) is 31.2 Å². The Kier molecular flexibility index (Phi) is 2.17. The van der Waals surface area contributed by atoms with Gasteiger partial charge in [-0.2, -0.15) is 0 Å². The monoisotopic (exact) mass is 271 g/mol. The lowest BCUT2D eigenvalue weighted by Crippen LogP contribution is -2.18. The second-order valence-corrected chi connectivity index (χ2v) is 4.18. The van der Waals surface area contributed by atoms with Gasteiger partial charge in [0.05, 0.1) is 0 Å². The third-order valence-corrected chi connectivity index (χ3v) is 3.24. The van der Waals surface area contributed by atoms with E-state index in [1.54, 1.807) is 0 Å². The number of hydrogen-bond donors (Lipinski definition) is 0. The van der Waals surface area contributed by atoms with E-state index < -0.39 is 0 Å². The van der Waals surface area contributed by atoms with Crippen molar-refractivity contribution in [3.63, 3.8) is 0 Å². The minimum Gasteiger partial charge on any atom is -0.250 e. The van der Waals surface area contributed by atoms with E-state index in [0.717, 1.165) is 3.72 Å². The van der Waals surface area contributed by atoms with Crippen LogP contribution in [0.25, 0.3) is 0 Å². The van der Waals surface area contributed by atoms with Crippen LogP contribution in [0.1, 0.15) is 6.92 Å². The molecule has 62 valence electrons. The third kappa shape index (κ3) is 1.28. The van der Waals surface area contributed by atoms with Crippen LogP contribution in [0.15, 0.2) is 41.1 Å². The second-order valence-electron chi connectivity index (χ2n) is 3.15. The van der Waals surface area contributed by atoms with Crippen molar-refractivity contribution >= 4 is 26.3 Å². The summed E-state index contributed by atoms with van der Waals surface area (Å²) in [7, 11) is 0. The molecule has 0 aromatic carbocycles. The first-order valence-electron chi connectivity index (χ1n) is 4.08. The number of fused-ring (bicyclic) bond motifs is 1. The van der Waals surface area contributed by atoms with Gasteiger partial charge in [-0.25, -0.2) is 0 Å². The Labute approximate surface area is 86.1 Å². The van der Waals surface area contributed by atoms with Crippen molar-refractivity contribution in [3.8, 4) is 0 Å². The Morgan fingerprint density at radius 2 is 2.25 bits per heavy atom. The molecule has 0 N–H and O–H groups in total. The molecule has 0 radical (unpaired) electrons. The molecule has 1 aliphatic heterocycles. The van der Waals surface area contributed by atoms with Gasteiger partial charge in [-0.3, -0.25) is 4.99 Å². The Hall–Kier alpha value is -0.380. The van der Waals surface area contributed by atoms with Crippen molar-refractivity contribution in [2.45, 2.75) is 6.92 Å². The number of rotatable bonds is 0. The van der Waals surface area contributed by atoms with Crippen LogP contribution in [-0.4, -0.2) is 3.72 Å². The SMILES string of the molecule is CC1C=CC=C2C(I)=NC=CC21. The number of halogens is 1. The van der Waals surface area contributed by atoms with Crippen LogP contribution in [0.2, 0.25) is 0 Å². The molecule has 0 aromatic heterocycles. The summed E-state index contributed by atoms with van der Waals surface area (Å²) in [6.07, 6.45) is 10.6. The van der Waals surface area contributed by atoms with Gasteiger partial charge in [-0.15, -0.1) is 0 Å². The maximum atomic E-state index is 4.27. The van der Waals surface area contributed by atoms with Crippen LogP contribution >= 0.6 is 22.6 Å². The molecule has 2 unspecified atom stereocenters. The zero-order chi connectivity index (χ0) is 8.55. The largest absolute Gasteiger partial charge is 0.250 e. The van der Waals surface area contributed by atoms with Crippen LogP contribution in [0.4, 0.5) is 0 Å². The van der Waals surface area contributed by atoms with E-state index in [-0.39, 0.29) is 0 Å². The van der Waals surface area contributed by atoms with Crippen molar-refractivity contribution in [1.82, 2.24) is 0 Å². The summed E-state index contributed by atoms with van der Waals surface area (Å²) >= 11 is 2.30. The first-order chi connectivity index (χ1) is 5.79. The first-order valence-corrected chi connectivity index (χ1v) is 5.15. The van der Waals surface area contributed by atoms with Gasteiger partial charge in [0.25, 0.3) is 0 Å². The lowest BCUT2D eigenvalue weighted by atomic mass is 9.83. The Bertz CT molecular complexity index is 310. The lowest BCUT2D eigenvalue weighted by molar-refractivity contribution is 0.589. The fourth-order valence-electron chi connectivity index (χ4n) is 1.61. The topological polar surface area (TPSA) is 12.4 Å². The molecule has 2 heteroatoms. The Morgan fingerprint density at radius 1 is 1.42 bits per heavy atom. The highest BCUT2D eigenvalue weighted by Gasteiger charge is 2.23. The number of hydrogen-bond acceptors (Lipinski definition) is 1. The van der Waals surface area contributed by atoms with Crippen LogP contribution < -0.4 is 0 Å². The van der Waals surface area contributed by atoms with Crippen molar-refractivity contribution in [1.29, 1.82) is 0 Å². The quantitative estimate of drug-likeness (QED) is 0.600. The molecular formula is C10H10IN. The normalized spacial score (nSPS) is 32.5. The average Bonchev–Trinajstić information content (AvgIpc) is 2.07. The predicted octanol–water partition coefficient (Wildman–Crippen LogP) is 3.10. The molecule has 0 bridgehead atoms.